The molecule has 0 aromatic heterocycles. The monoisotopic (exact) mass is 282 g/mol. The molecule has 2 unspecified atom stereocenters. The van der Waals surface area contributed by atoms with Gasteiger partial charge in [-0.05, 0) is 32.6 Å². The number of rotatable bonds is 3. The molecule has 0 aliphatic heterocycles. The zero-order chi connectivity index (χ0) is 14.8. The van der Waals surface area contributed by atoms with Crippen molar-refractivity contribution in [2.75, 3.05) is 7.05 Å². The fraction of sp³-hybridized carbons (Fsp3) is 0.867. The highest BCUT2D eigenvalue weighted by atomic mass is 16.4. The topological polar surface area (TPSA) is 69.6 Å². The summed E-state index contributed by atoms with van der Waals surface area (Å²) in [5, 5.41) is 12.3. The van der Waals surface area contributed by atoms with Gasteiger partial charge in [-0.3, -0.25) is 4.79 Å². The summed E-state index contributed by atoms with van der Waals surface area (Å²) in [6.07, 6.45) is 7.99. The van der Waals surface area contributed by atoms with Gasteiger partial charge in [0, 0.05) is 19.1 Å². The summed E-state index contributed by atoms with van der Waals surface area (Å²) >= 11 is 0. The van der Waals surface area contributed by atoms with Crippen LogP contribution in [0.5, 0.6) is 0 Å². The lowest BCUT2D eigenvalue weighted by atomic mass is 9.85. The van der Waals surface area contributed by atoms with E-state index >= 15 is 0 Å². The van der Waals surface area contributed by atoms with Crippen molar-refractivity contribution in [2.24, 2.45) is 5.41 Å². The molecule has 2 rings (SSSR count). The second kappa shape index (κ2) is 6.02. The Balaban J connectivity index is 1.95. The molecule has 2 saturated carbocycles. The Hall–Kier alpha value is -1.26. The lowest BCUT2D eigenvalue weighted by Crippen LogP contribution is -2.52. The molecular weight excluding hydrogens is 256 g/mol. The number of hydrogen-bond acceptors (Lipinski definition) is 2. The highest BCUT2D eigenvalue weighted by molar-refractivity contribution is 5.79. The van der Waals surface area contributed by atoms with E-state index in [0.29, 0.717) is 12.5 Å². The number of carboxylic acid groups (broad SMARTS) is 1. The molecule has 5 heteroatoms. The number of hydrogen-bond donors (Lipinski definition) is 2. The number of urea groups is 1. The summed E-state index contributed by atoms with van der Waals surface area (Å²) in [6, 6.07) is -0.0592. The van der Waals surface area contributed by atoms with Gasteiger partial charge in [0.2, 0.25) is 0 Å². The molecule has 0 radical (unpaired) electrons. The van der Waals surface area contributed by atoms with Gasteiger partial charge in [-0.1, -0.05) is 25.7 Å². The van der Waals surface area contributed by atoms with E-state index in [2.05, 4.69) is 5.32 Å². The Morgan fingerprint density at radius 2 is 1.80 bits per heavy atom. The zero-order valence-corrected chi connectivity index (χ0v) is 12.5. The number of nitrogens with zero attached hydrogens (tertiary/aromatic N) is 1. The Morgan fingerprint density at radius 1 is 1.15 bits per heavy atom. The van der Waals surface area contributed by atoms with Crippen LogP contribution in [0.25, 0.3) is 0 Å². The first-order valence-corrected chi connectivity index (χ1v) is 7.72. The second-order valence-electron chi connectivity index (χ2n) is 6.52. The Kier molecular flexibility index (Phi) is 4.55. The zero-order valence-electron chi connectivity index (χ0n) is 12.5. The highest BCUT2D eigenvalue weighted by Gasteiger charge is 2.46. The average molecular weight is 282 g/mol. The summed E-state index contributed by atoms with van der Waals surface area (Å²) in [7, 11) is 1.83. The van der Waals surface area contributed by atoms with Crippen LogP contribution in [0.2, 0.25) is 0 Å². The number of carbonyl (C=O) groups is 2. The number of carboxylic acids is 1. The molecule has 0 spiro atoms. The molecule has 2 aliphatic rings. The van der Waals surface area contributed by atoms with Crippen molar-refractivity contribution in [3.63, 3.8) is 0 Å². The van der Waals surface area contributed by atoms with Crippen LogP contribution in [0.15, 0.2) is 0 Å². The molecule has 0 aromatic carbocycles. The molecule has 2 N–H and O–H groups in total. The molecule has 114 valence electrons. The van der Waals surface area contributed by atoms with Crippen molar-refractivity contribution < 1.29 is 14.7 Å². The van der Waals surface area contributed by atoms with Crippen LogP contribution in [-0.4, -0.2) is 41.1 Å². The van der Waals surface area contributed by atoms with Gasteiger partial charge in [-0.2, -0.15) is 0 Å². The normalized spacial score (nSPS) is 31.0. The Labute approximate surface area is 120 Å². The van der Waals surface area contributed by atoms with Crippen LogP contribution in [0, 0.1) is 5.41 Å². The van der Waals surface area contributed by atoms with Crippen LogP contribution < -0.4 is 5.32 Å². The van der Waals surface area contributed by atoms with Gasteiger partial charge >= 0.3 is 12.0 Å². The van der Waals surface area contributed by atoms with E-state index < -0.39 is 11.4 Å². The second-order valence-corrected chi connectivity index (χ2v) is 6.52. The van der Waals surface area contributed by atoms with Gasteiger partial charge in [0.1, 0.15) is 0 Å². The largest absolute Gasteiger partial charge is 0.481 e. The molecule has 2 amide bonds. The maximum absolute atomic E-state index is 12.3. The van der Waals surface area contributed by atoms with E-state index in [4.69, 9.17) is 0 Å². The minimum Gasteiger partial charge on any atom is -0.481 e. The van der Waals surface area contributed by atoms with Crippen LogP contribution in [0.1, 0.15) is 58.3 Å². The summed E-state index contributed by atoms with van der Waals surface area (Å²) in [6.45, 7) is 1.74. The number of nitrogens with one attached hydrogen (secondary N) is 1. The third-order valence-electron chi connectivity index (χ3n) is 5.19. The fourth-order valence-corrected chi connectivity index (χ4v) is 3.54. The minimum absolute atomic E-state index is 0.115. The van der Waals surface area contributed by atoms with E-state index in [1.165, 1.54) is 19.3 Å². The molecule has 0 aromatic rings. The van der Waals surface area contributed by atoms with E-state index in [1.54, 1.807) is 11.8 Å². The van der Waals surface area contributed by atoms with Crippen molar-refractivity contribution in [3.05, 3.63) is 0 Å². The lowest BCUT2D eigenvalue weighted by molar-refractivity contribution is -0.148. The molecular formula is C15H26N2O3. The maximum Gasteiger partial charge on any atom is 0.317 e. The Morgan fingerprint density at radius 3 is 2.40 bits per heavy atom. The summed E-state index contributed by atoms with van der Waals surface area (Å²) < 4.78 is 0. The minimum atomic E-state index is -0.816. The van der Waals surface area contributed by atoms with Crippen molar-refractivity contribution in [3.8, 4) is 0 Å². The average Bonchev–Trinajstić information content (AvgIpc) is 2.81. The third kappa shape index (κ3) is 2.91. The van der Waals surface area contributed by atoms with Crippen molar-refractivity contribution in [2.45, 2.75) is 70.4 Å². The molecule has 2 aliphatic carbocycles. The van der Waals surface area contributed by atoms with Gasteiger partial charge in [0.25, 0.3) is 0 Å². The SMILES string of the molecule is CN(C(=O)NC1CCCC1(C)C(=O)O)C1CCCCC1. The van der Waals surface area contributed by atoms with Crippen LogP contribution in [-0.2, 0) is 4.79 Å². The van der Waals surface area contributed by atoms with Crippen molar-refractivity contribution >= 4 is 12.0 Å². The molecule has 2 atom stereocenters. The smallest absolute Gasteiger partial charge is 0.317 e. The van der Waals surface area contributed by atoms with Gasteiger partial charge in [-0.25, -0.2) is 4.79 Å². The molecule has 2 fully saturated rings. The van der Waals surface area contributed by atoms with Crippen LogP contribution >= 0.6 is 0 Å². The third-order valence-corrected chi connectivity index (χ3v) is 5.19. The number of carbonyl (C=O) groups excluding carboxylic acids is 1. The van der Waals surface area contributed by atoms with Gasteiger partial charge in [0.05, 0.1) is 5.41 Å². The summed E-state index contributed by atoms with van der Waals surface area (Å²) in [5.41, 5.74) is -0.816. The van der Waals surface area contributed by atoms with Crippen LogP contribution in [0.4, 0.5) is 4.79 Å². The van der Waals surface area contributed by atoms with Crippen LogP contribution in [0.3, 0.4) is 0 Å². The Bertz CT molecular complexity index is 379. The maximum atomic E-state index is 12.3. The van der Waals surface area contributed by atoms with Gasteiger partial charge in [0.15, 0.2) is 0 Å². The predicted octanol–water partition coefficient (Wildman–Crippen LogP) is 2.60. The molecule has 20 heavy (non-hydrogen) atoms. The van der Waals surface area contributed by atoms with Crippen molar-refractivity contribution in [1.29, 1.82) is 0 Å². The van der Waals surface area contributed by atoms with E-state index in [-0.39, 0.29) is 12.1 Å². The molecule has 0 saturated heterocycles. The van der Waals surface area contributed by atoms with E-state index in [0.717, 1.165) is 25.7 Å². The first-order chi connectivity index (χ1) is 9.45. The predicted molar refractivity (Wildman–Crippen MR) is 76.5 cm³/mol. The fourth-order valence-electron chi connectivity index (χ4n) is 3.54. The van der Waals surface area contributed by atoms with E-state index in [9.17, 15) is 14.7 Å². The summed E-state index contributed by atoms with van der Waals surface area (Å²) in [4.78, 5) is 25.5. The van der Waals surface area contributed by atoms with Crippen molar-refractivity contribution in [1.82, 2.24) is 10.2 Å². The first-order valence-electron chi connectivity index (χ1n) is 7.72. The lowest BCUT2D eigenvalue weighted by Gasteiger charge is -2.34. The molecule has 5 nitrogen and oxygen atoms in total. The highest BCUT2D eigenvalue weighted by Crippen LogP contribution is 2.38. The molecule has 0 bridgehead atoms. The molecule has 0 heterocycles. The van der Waals surface area contributed by atoms with E-state index in [1.807, 2.05) is 7.05 Å². The number of amides is 2. The standard InChI is InChI=1S/C15H26N2O3/c1-15(13(18)19)10-6-9-12(15)16-14(20)17(2)11-7-4-3-5-8-11/h11-12H,3-10H2,1-2H3,(H,16,20)(H,18,19). The number of aliphatic carboxylic acids is 1. The first kappa shape index (κ1) is 15.1. The summed E-state index contributed by atoms with van der Waals surface area (Å²) in [5.74, 6) is -0.805. The van der Waals surface area contributed by atoms with Gasteiger partial charge in [-0.15, -0.1) is 0 Å². The quantitative estimate of drug-likeness (QED) is 0.836. The van der Waals surface area contributed by atoms with Gasteiger partial charge < -0.3 is 15.3 Å².